The molecule has 0 N–H and O–H groups in total. The maximum Gasteiger partial charge on any atom is 0.344 e. The van der Waals surface area contributed by atoms with E-state index in [-0.39, 0.29) is 12.1 Å². The second-order valence-electron chi connectivity index (χ2n) is 1.81. The molecule has 0 spiro atoms. The van der Waals surface area contributed by atoms with Crippen LogP contribution in [0.2, 0.25) is 0 Å². The van der Waals surface area contributed by atoms with E-state index in [1.807, 2.05) is 6.92 Å². The molecular weight excluding hydrogens is 104 g/mol. The number of carbonyl (C=O) groups excluding carboxylic acids is 1. The molecule has 0 aromatic heterocycles. The number of rotatable bonds is 0. The minimum Gasteiger partial charge on any atom is -0.318 e. The van der Waals surface area contributed by atoms with Gasteiger partial charge in [-0.2, -0.15) is 4.99 Å². The van der Waals surface area contributed by atoms with Gasteiger partial charge < -0.3 is 4.90 Å². The molecule has 1 atom stereocenters. The van der Waals surface area contributed by atoms with Gasteiger partial charge in [0.25, 0.3) is 0 Å². The number of aliphatic imine (C=N–C) groups is 1. The number of hydrogen-bond acceptors (Lipinski definition) is 1. The van der Waals surface area contributed by atoms with Crippen LogP contribution in [0.25, 0.3) is 0 Å². The van der Waals surface area contributed by atoms with E-state index in [9.17, 15) is 4.79 Å². The zero-order valence-corrected chi connectivity index (χ0v) is 4.88. The second-order valence-corrected chi connectivity index (χ2v) is 1.81. The lowest BCUT2D eigenvalue weighted by atomic mass is 10.4. The number of amides is 2. The van der Waals surface area contributed by atoms with Gasteiger partial charge >= 0.3 is 6.03 Å². The summed E-state index contributed by atoms with van der Waals surface area (Å²) in [6, 6.07) is -0.139. The van der Waals surface area contributed by atoms with Crippen LogP contribution in [0, 0.1) is 0 Å². The number of hydrogen-bond donors (Lipinski definition) is 0. The van der Waals surface area contributed by atoms with Crippen molar-refractivity contribution in [1.29, 1.82) is 0 Å². The second kappa shape index (κ2) is 1.58. The zero-order chi connectivity index (χ0) is 6.15. The van der Waals surface area contributed by atoms with Gasteiger partial charge in [0.15, 0.2) is 0 Å². The molecule has 3 heteroatoms. The molecule has 1 aliphatic heterocycles. The molecule has 0 aromatic carbocycles. The Kier molecular flexibility index (Phi) is 1.04. The van der Waals surface area contributed by atoms with Crippen molar-refractivity contribution in [2.75, 3.05) is 7.05 Å². The van der Waals surface area contributed by atoms with E-state index in [1.165, 1.54) is 4.90 Å². The standard InChI is InChI=1S/C5H7N2O/c1-4-3-6-5(8)7(4)2/h4H,1-2H3. The lowest BCUT2D eigenvalue weighted by molar-refractivity contribution is 0.220. The van der Waals surface area contributed by atoms with Crippen LogP contribution in [0.3, 0.4) is 0 Å². The minimum atomic E-state index is -0.197. The Hall–Kier alpha value is -0.860. The topological polar surface area (TPSA) is 32.7 Å². The van der Waals surface area contributed by atoms with Crippen LogP contribution in [0.4, 0.5) is 4.79 Å². The molecule has 0 saturated carbocycles. The number of nitrogens with zero attached hydrogens (tertiary/aromatic N) is 2. The van der Waals surface area contributed by atoms with Crippen molar-refractivity contribution in [3.8, 4) is 0 Å². The lowest BCUT2D eigenvalue weighted by Gasteiger charge is -2.10. The van der Waals surface area contributed by atoms with Gasteiger partial charge in [-0.05, 0) is 6.92 Å². The van der Waals surface area contributed by atoms with Crippen molar-refractivity contribution in [1.82, 2.24) is 4.90 Å². The van der Waals surface area contributed by atoms with Crippen LogP contribution < -0.4 is 0 Å². The van der Waals surface area contributed by atoms with Crippen molar-refractivity contribution in [3.63, 3.8) is 0 Å². The van der Waals surface area contributed by atoms with E-state index in [0.29, 0.717) is 0 Å². The van der Waals surface area contributed by atoms with Gasteiger partial charge in [0.2, 0.25) is 0 Å². The maximum atomic E-state index is 10.5. The fourth-order valence-electron chi connectivity index (χ4n) is 0.480. The van der Waals surface area contributed by atoms with E-state index in [4.69, 9.17) is 0 Å². The van der Waals surface area contributed by atoms with Gasteiger partial charge in [0.1, 0.15) is 0 Å². The SMILES string of the molecule is CC1[C]=NC(=O)N1C. The first-order valence-electron chi connectivity index (χ1n) is 2.45. The Bertz CT molecular complexity index is 141. The number of carbonyl (C=O) groups is 1. The van der Waals surface area contributed by atoms with Crippen LogP contribution in [-0.2, 0) is 0 Å². The molecule has 1 unspecified atom stereocenters. The predicted molar refractivity (Wildman–Crippen MR) is 30.1 cm³/mol. The Morgan fingerprint density at radius 3 is 2.62 bits per heavy atom. The highest BCUT2D eigenvalue weighted by molar-refractivity contribution is 5.92. The first-order chi connectivity index (χ1) is 3.72. The fourth-order valence-corrected chi connectivity index (χ4v) is 0.480. The van der Waals surface area contributed by atoms with Crippen LogP contribution in [0.15, 0.2) is 4.99 Å². The third-order valence-corrected chi connectivity index (χ3v) is 1.23. The van der Waals surface area contributed by atoms with E-state index in [2.05, 4.69) is 11.2 Å². The van der Waals surface area contributed by atoms with Crippen LogP contribution >= 0.6 is 0 Å². The first-order valence-corrected chi connectivity index (χ1v) is 2.45. The van der Waals surface area contributed by atoms with Gasteiger partial charge in [-0.15, -0.1) is 0 Å². The average molecular weight is 111 g/mol. The van der Waals surface area contributed by atoms with E-state index < -0.39 is 0 Å². The molecule has 8 heavy (non-hydrogen) atoms. The highest BCUT2D eigenvalue weighted by Gasteiger charge is 2.18. The molecule has 1 heterocycles. The average Bonchev–Trinajstić information content (AvgIpc) is 1.98. The predicted octanol–water partition coefficient (Wildman–Crippen LogP) is 0.388. The summed E-state index contributed by atoms with van der Waals surface area (Å²) < 4.78 is 0. The number of urea groups is 1. The largest absolute Gasteiger partial charge is 0.344 e. The molecule has 3 nitrogen and oxygen atoms in total. The van der Waals surface area contributed by atoms with Crippen LogP contribution in [-0.4, -0.2) is 30.2 Å². The van der Waals surface area contributed by atoms with Gasteiger partial charge in [-0.25, -0.2) is 4.79 Å². The summed E-state index contributed by atoms with van der Waals surface area (Å²) in [4.78, 5) is 15.4. The molecule has 1 aliphatic rings. The van der Waals surface area contributed by atoms with Crippen molar-refractivity contribution < 1.29 is 4.79 Å². The first kappa shape index (κ1) is 5.28. The van der Waals surface area contributed by atoms with E-state index >= 15 is 0 Å². The maximum absolute atomic E-state index is 10.5. The quantitative estimate of drug-likeness (QED) is 0.445. The molecule has 43 valence electrons. The smallest absolute Gasteiger partial charge is 0.318 e. The molecule has 0 aromatic rings. The summed E-state index contributed by atoms with van der Waals surface area (Å²) >= 11 is 0. The monoisotopic (exact) mass is 111 g/mol. The highest BCUT2D eigenvalue weighted by Crippen LogP contribution is 2.01. The molecular formula is C5H7N2O. The van der Waals surface area contributed by atoms with Crippen molar-refractivity contribution in [3.05, 3.63) is 0 Å². The fraction of sp³-hybridized carbons (Fsp3) is 0.600. The Labute approximate surface area is 48.0 Å². The molecule has 1 radical (unpaired) electrons. The third-order valence-electron chi connectivity index (χ3n) is 1.23. The van der Waals surface area contributed by atoms with Crippen molar-refractivity contribution in [2.45, 2.75) is 13.0 Å². The summed E-state index contributed by atoms with van der Waals surface area (Å²) in [6.07, 6.45) is 2.62. The van der Waals surface area contributed by atoms with Crippen molar-refractivity contribution >= 4 is 12.2 Å². The Morgan fingerprint density at radius 1 is 1.88 bits per heavy atom. The van der Waals surface area contributed by atoms with Gasteiger partial charge in [-0.1, -0.05) is 0 Å². The summed E-state index contributed by atoms with van der Waals surface area (Å²) in [5.41, 5.74) is 0. The summed E-state index contributed by atoms with van der Waals surface area (Å²) in [5.74, 6) is 0. The van der Waals surface area contributed by atoms with Crippen LogP contribution in [0.5, 0.6) is 0 Å². The minimum absolute atomic E-state index is 0.0579. The molecule has 0 fully saturated rings. The van der Waals surface area contributed by atoms with Crippen molar-refractivity contribution in [2.24, 2.45) is 4.99 Å². The van der Waals surface area contributed by atoms with Gasteiger partial charge in [-0.3, -0.25) is 0 Å². The van der Waals surface area contributed by atoms with E-state index in [1.54, 1.807) is 7.05 Å². The summed E-state index contributed by atoms with van der Waals surface area (Å²) in [6.45, 7) is 1.87. The van der Waals surface area contributed by atoms with Gasteiger partial charge in [0.05, 0.1) is 12.3 Å². The molecule has 2 amide bonds. The van der Waals surface area contributed by atoms with Crippen LogP contribution in [0.1, 0.15) is 6.92 Å². The molecule has 0 aliphatic carbocycles. The molecule has 0 saturated heterocycles. The highest BCUT2D eigenvalue weighted by atomic mass is 16.2. The third kappa shape index (κ3) is 0.598. The summed E-state index contributed by atoms with van der Waals surface area (Å²) in [7, 11) is 1.70. The Morgan fingerprint density at radius 2 is 2.50 bits per heavy atom. The van der Waals surface area contributed by atoms with E-state index in [0.717, 1.165) is 0 Å². The molecule has 0 bridgehead atoms. The Balaban J connectivity index is 2.69. The zero-order valence-electron chi connectivity index (χ0n) is 4.88. The molecule has 1 rings (SSSR count). The lowest BCUT2D eigenvalue weighted by Crippen LogP contribution is -2.27. The summed E-state index contributed by atoms with van der Waals surface area (Å²) in [5, 5.41) is 0. The van der Waals surface area contributed by atoms with Gasteiger partial charge in [0, 0.05) is 7.05 Å². The normalized spacial score (nSPS) is 27.5.